The highest BCUT2D eigenvalue weighted by Gasteiger charge is 2.61. The van der Waals surface area contributed by atoms with Gasteiger partial charge in [0, 0.05) is 6.04 Å². The van der Waals surface area contributed by atoms with E-state index in [-0.39, 0.29) is 12.4 Å². The molecule has 2 aliphatic carbocycles. The Morgan fingerprint density at radius 2 is 2.09 bits per heavy atom. The zero-order chi connectivity index (χ0) is 7.35. The summed E-state index contributed by atoms with van der Waals surface area (Å²) in [5.74, 6) is 1.76. The number of hydrogen-bond acceptors (Lipinski definition) is 1. The van der Waals surface area contributed by atoms with E-state index in [9.17, 15) is 0 Å². The molecule has 0 unspecified atom stereocenters. The van der Waals surface area contributed by atoms with Gasteiger partial charge in [-0.3, -0.25) is 0 Å². The fourth-order valence-electron chi connectivity index (χ4n) is 2.80. The van der Waals surface area contributed by atoms with Gasteiger partial charge >= 0.3 is 0 Å². The summed E-state index contributed by atoms with van der Waals surface area (Å²) >= 11 is 0. The molecule has 2 fully saturated rings. The Bertz CT molecular complexity index is 158. The van der Waals surface area contributed by atoms with E-state index in [4.69, 9.17) is 5.73 Å². The van der Waals surface area contributed by atoms with Gasteiger partial charge in [0.1, 0.15) is 0 Å². The summed E-state index contributed by atoms with van der Waals surface area (Å²) in [5.41, 5.74) is 6.65. The fourth-order valence-corrected chi connectivity index (χ4v) is 2.80. The monoisotopic (exact) mass is 175 g/mol. The summed E-state index contributed by atoms with van der Waals surface area (Å²) in [5, 5.41) is 0. The minimum Gasteiger partial charge on any atom is -0.327 e. The summed E-state index contributed by atoms with van der Waals surface area (Å²) in [6.07, 6.45) is 4.10. The van der Waals surface area contributed by atoms with Crippen molar-refractivity contribution in [2.24, 2.45) is 23.0 Å². The van der Waals surface area contributed by atoms with Crippen molar-refractivity contribution in [1.29, 1.82) is 0 Å². The van der Waals surface area contributed by atoms with Crippen molar-refractivity contribution < 1.29 is 0 Å². The highest BCUT2D eigenvalue weighted by Crippen LogP contribution is 2.66. The maximum absolute atomic E-state index is 5.94. The zero-order valence-corrected chi connectivity index (χ0v) is 8.16. The van der Waals surface area contributed by atoms with Gasteiger partial charge in [0.25, 0.3) is 0 Å². The van der Waals surface area contributed by atoms with Crippen LogP contribution in [0.1, 0.15) is 33.1 Å². The second-order valence-corrected chi connectivity index (χ2v) is 4.40. The number of fused-ring (bicyclic) bond motifs is 1. The number of nitrogens with two attached hydrogens (primary N) is 1. The smallest absolute Gasteiger partial charge is 0.00729 e. The molecule has 0 aromatic rings. The largest absolute Gasteiger partial charge is 0.327 e. The minimum absolute atomic E-state index is 0. The molecule has 2 aliphatic rings. The molecule has 0 amide bonds. The van der Waals surface area contributed by atoms with Crippen LogP contribution in [0.5, 0.6) is 0 Å². The molecule has 11 heavy (non-hydrogen) atoms. The lowest BCUT2D eigenvalue weighted by Crippen LogP contribution is -2.19. The summed E-state index contributed by atoms with van der Waals surface area (Å²) in [6, 6.07) is 0.544. The molecule has 0 aromatic heterocycles. The molecule has 0 aliphatic heterocycles. The minimum atomic E-state index is 0. The summed E-state index contributed by atoms with van der Waals surface area (Å²) in [6.45, 7) is 4.69. The van der Waals surface area contributed by atoms with Crippen molar-refractivity contribution in [1.82, 2.24) is 0 Å². The Balaban J connectivity index is 0.000000605. The van der Waals surface area contributed by atoms with E-state index in [1.54, 1.807) is 0 Å². The van der Waals surface area contributed by atoms with Gasteiger partial charge in [0.05, 0.1) is 0 Å². The van der Waals surface area contributed by atoms with E-state index < -0.39 is 0 Å². The van der Waals surface area contributed by atoms with Crippen LogP contribution in [-0.4, -0.2) is 6.04 Å². The number of rotatable bonds is 1. The van der Waals surface area contributed by atoms with Crippen molar-refractivity contribution in [3.8, 4) is 0 Å². The first-order chi connectivity index (χ1) is 4.67. The van der Waals surface area contributed by atoms with Gasteiger partial charge < -0.3 is 5.73 Å². The maximum Gasteiger partial charge on any atom is 0.00729 e. The van der Waals surface area contributed by atoms with Gasteiger partial charge in [-0.1, -0.05) is 13.8 Å². The van der Waals surface area contributed by atoms with Crippen LogP contribution >= 0.6 is 12.4 Å². The van der Waals surface area contributed by atoms with E-state index in [1.165, 1.54) is 19.3 Å². The van der Waals surface area contributed by atoms with Crippen LogP contribution in [0, 0.1) is 17.3 Å². The van der Waals surface area contributed by atoms with E-state index in [0.717, 1.165) is 11.8 Å². The number of hydrogen-bond donors (Lipinski definition) is 1. The Kier molecular flexibility index (Phi) is 2.24. The predicted octanol–water partition coefficient (Wildman–Crippen LogP) is 2.19. The Morgan fingerprint density at radius 1 is 1.45 bits per heavy atom. The second-order valence-electron chi connectivity index (χ2n) is 4.40. The molecule has 0 bridgehead atoms. The van der Waals surface area contributed by atoms with Gasteiger partial charge in [-0.25, -0.2) is 0 Å². The van der Waals surface area contributed by atoms with E-state index in [1.807, 2.05) is 0 Å². The molecule has 2 N–H and O–H groups in total. The molecule has 2 saturated carbocycles. The lowest BCUT2D eigenvalue weighted by atomic mass is 9.90. The average Bonchev–Trinajstić information content (AvgIpc) is 2.52. The molecule has 66 valence electrons. The highest BCUT2D eigenvalue weighted by molar-refractivity contribution is 5.85. The summed E-state index contributed by atoms with van der Waals surface area (Å²) in [4.78, 5) is 0. The fraction of sp³-hybridized carbons (Fsp3) is 1.00. The summed E-state index contributed by atoms with van der Waals surface area (Å²) in [7, 11) is 0. The van der Waals surface area contributed by atoms with Crippen molar-refractivity contribution in [3.63, 3.8) is 0 Å². The molecular formula is C9H18ClN. The third-order valence-corrected chi connectivity index (χ3v) is 3.79. The molecule has 0 spiro atoms. The van der Waals surface area contributed by atoms with Gasteiger partial charge in [-0.15, -0.1) is 12.4 Å². The number of halogens is 1. The first-order valence-corrected chi connectivity index (χ1v) is 4.42. The average molecular weight is 176 g/mol. The van der Waals surface area contributed by atoms with Crippen molar-refractivity contribution in [2.45, 2.75) is 39.2 Å². The van der Waals surface area contributed by atoms with Crippen LogP contribution in [0.4, 0.5) is 0 Å². The van der Waals surface area contributed by atoms with Crippen LogP contribution < -0.4 is 5.73 Å². The van der Waals surface area contributed by atoms with Crippen LogP contribution in [-0.2, 0) is 0 Å². The zero-order valence-electron chi connectivity index (χ0n) is 7.34. The Morgan fingerprint density at radius 3 is 2.27 bits per heavy atom. The quantitative estimate of drug-likeness (QED) is 0.650. The predicted molar refractivity (Wildman–Crippen MR) is 49.8 cm³/mol. The molecule has 0 radical (unpaired) electrons. The van der Waals surface area contributed by atoms with Gasteiger partial charge in [-0.2, -0.15) is 0 Å². The lowest BCUT2D eigenvalue weighted by molar-refractivity contribution is 0.343. The third kappa shape index (κ3) is 1.09. The molecule has 0 heterocycles. The van der Waals surface area contributed by atoms with Crippen molar-refractivity contribution >= 4 is 12.4 Å². The van der Waals surface area contributed by atoms with Crippen LogP contribution in [0.2, 0.25) is 0 Å². The first kappa shape index (κ1) is 9.34. The normalized spacial score (nSPS) is 46.9. The van der Waals surface area contributed by atoms with Crippen molar-refractivity contribution in [2.75, 3.05) is 0 Å². The maximum atomic E-state index is 5.94. The van der Waals surface area contributed by atoms with Gasteiger partial charge in [-0.05, 0) is 36.5 Å². The van der Waals surface area contributed by atoms with E-state index in [0.29, 0.717) is 11.5 Å². The van der Waals surface area contributed by atoms with Crippen LogP contribution in [0.15, 0.2) is 0 Å². The Hall–Kier alpha value is 0.250. The van der Waals surface area contributed by atoms with Crippen LogP contribution in [0.3, 0.4) is 0 Å². The standard InChI is InChI=1S/C9H17N.ClH/c1-6(2)9-4-3-8(10)7(9)5-9;/h6-8H,3-5,10H2,1-2H3;1H/t7-,8-,9-;/m0./s1. The van der Waals surface area contributed by atoms with Crippen LogP contribution in [0.25, 0.3) is 0 Å². The third-order valence-electron chi connectivity index (χ3n) is 3.79. The van der Waals surface area contributed by atoms with Gasteiger partial charge in [0.15, 0.2) is 0 Å². The molecule has 2 rings (SSSR count). The molecule has 2 heteroatoms. The van der Waals surface area contributed by atoms with Crippen molar-refractivity contribution in [3.05, 3.63) is 0 Å². The topological polar surface area (TPSA) is 26.0 Å². The molecular weight excluding hydrogens is 158 g/mol. The highest BCUT2D eigenvalue weighted by atomic mass is 35.5. The molecule has 3 atom stereocenters. The summed E-state index contributed by atoms with van der Waals surface area (Å²) < 4.78 is 0. The van der Waals surface area contributed by atoms with E-state index in [2.05, 4.69) is 13.8 Å². The van der Waals surface area contributed by atoms with E-state index >= 15 is 0 Å². The SMILES string of the molecule is CC(C)[C@@]12CC[C@H](N)[C@@H]1C2.Cl. The molecule has 0 saturated heterocycles. The Labute approximate surface area is 75.1 Å². The van der Waals surface area contributed by atoms with Gasteiger partial charge in [0.2, 0.25) is 0 Å². The lowest BCUT2D eigenvalue weighted by Gasteiger charge is -2.15. The first-order valence-electron chi connectivity index (χ1n) is 4.42. The molecule has 0 aromatic carbocycles. The second kappa shape index (κ2) is 2.63. The molecule has 1 nitrogen and oxygen atoms in total.